The van der Waals surface area contributed by atoms with Crippen LogP contribution in [0, 0.1) is 0 Å². The third-order valence-corrected chi connectivity index (χ3v) is 8.64. The molecule has 2 aliphatic heterocycles. The number of aromatic nitrogens is 1. The molecule has 2 aliphatic carbocycles. The van der Waals surface area contributed by atoms with E-state index in [1.807, 2.05) is 6.20 Å². The number of para-hydroxylation sites is 1. The van der Waals surface area contributed by atoms with Gasteiger partial charge in [0.2, 0.25) is 0 Å². The average molecular weight is 447 g/mol. The van der Waals surface area contributed by atoms with Gasteiger partial charge in [-0.1, -0.05) is 54.6 Å². The van der Waals surface area contributed by atoms with Crippen LogP contribution in [0.15, 0.2) is 85.1 Å². The van der Waals surface area contributed by atoms with E-state index >= 15 is 0 Å². The highest BCUT2D eigenvalue weighted by atomic mass is 15.2. The first-order chi connectivity index (χ1) is 17.3. The molecule has 0 radical (unpaired) electrons. The maximum Gasteiger partial charge on any atom is 0.0688 e. The zero-order valence-electron chi connectivity index (χ0n) is 19.3. The Hall–Kier alpha value is -4.17. The minimum Gasteiger partial charge on any atom is -0.308 e. The summed E-state index contributed by atoms with van der Waals surface area (Å²) in [5.41, 5.74) is 21.3. The summed E-state index contributed by atoms with van der Waals surface area (Å²) in [5.74, 6) is 0. The molecule has 35 heavy (non-hydrogen) atoms. The Morgan fingerprint density at radius 1 is 0.514 bits per heavy atom. The van der Waals surface area contributed by atoms with Crippen molar-refractivity contribution in [1.29, 1.82) is 0 Å². The number of rotatable bonds is 0. The van der Waals surface area contributed by atoms with Crippen LogP contribution >= 0.6 is 0 Å². The van der Waals surface area contributed by atoms with E-state index < -0.39 is 0 Å². The highest BCUT2D eigenvalue weighted by molar-refractivity contribution is 5.95. The SMILES string of the molecule is c1ccc2c(c1)Cc1c-2ccc2c1Cc1c-2cc2c3c1Cc1ncccc1N3c1ccccc1C2. The number of pyridine rings is 1. The maximum atomic E-state index is 4.86. The Morgan fingerprint density at radius 2 is 1.26 bits per heavy atom. The molecule has 3 heterocycles. The quantitative estimate of drug-likeness (QED) is 0.240. The molecular formula is C33H22N2. The minimum atomic E-state index is 0.913. The van der Waals surface area contributed by atoms with E-state index in [0.717, 1.165) is 25.7 Å². The molecule has 4 aromatic carbocycles. The van der Waals surface area contributed by atoms with Gasteiger partial charge in [-0.25, -0.2) is 0 Å². The topological polar surface area (TPSA) is 16.1 Å². The van der Waals surface area contributed by atoms with E-state index in [1.165, 1.54) is 72.8 Å². The third-order valence-electron chi connectivity index (χ3n) is 8.64. The molecule has 0 fully saturated rings. The summed E-state index contributed by atoms with van der Waals surface area (Å²) in [6, 6.07) is 29.4. The predicted octanol–water partition coefficient (Wildman–Crippen LogP) is 7.50. The van der Waals surface area contributed by atoms with Gasteiger partial charge in [0.15, 0.2) is 0 Å². The molecule has 4 aliphatic rings. The lowest BCUT2D eigenvalue weighted by Gasteiger charge is -2.39. The predicted molar refractivity (Wildman–Crippen MR) is 141 cm³/mol. The number of fused-ring (bicyclic) bond motifs is 12. The number of hydrogen-bond acceptors (Lipinski definition) is 2. The van der Waals surface area contributed by atoms with Crippen LogP contribution in [-0.4, -0.2) is 4.98 Å². The monoisotopic (exact) mass is 446 g/mol. The fraction of sp³-hybridized carbons (Fsp3) is 0.121. The van der Waals surface area contributed by atoms with E-state index in [4.69, 9.17) is 4.98 Å². The highest BCUT2D eigenvalue weighted by Crippen LogP contribution is 2.55. The number of nitrogens with zero attached hydrogens (tertiary/aromatic N) is 2. The molecule has 0 unspecified atom stereocenters. The summed E-state index contributed by atoms with van der Waals surface area (Å²) < 4.78 is 0. The fourth-order valence-corrected chi connectivity index (χ4v) is 7.17. The Bertz CT molecular complexity index is 1750. The van der Waals surface area contributed by atoms with Gasteiger partial charge in [-0.3, -0.25) is 4.98 Å². The van der Waals surface area contributed by atoms with Crippen LogP contribution in [0.5, 0.6) is 0 Å². The number of benzene rings is 4. The smallest absolute Gasteiger partial charge is 0.0688 e. The van der Waals surface area contributed by atoms with Crippen LogP contribution in [0.1, 0.15) is 44.6 Å². The van der Waals surface area contributed by atoms with E-state index in [1.54, 1.807) is 11.1 Å². The first kappa shape index (κ1) is 18.2. The molecule has 9 rings (SSSR count). The van der Waals surface area contributed by atoms with Crippen molar-refractivity contribution in [2.24, 2.45) is 0 Å². The number of hydrogen-bond donors (Lipinski definition) is 0. The molecule has 164 valence electrons. The zero-order chi connectivity index (χ0) is 22.7. The van der Waals surface area contributed by atoms with E-state index in [9.17, 15) is 0 Å². The molecule has 2 heteroatoms. The van der Waals surface area contributed by atoms with Gasteiger partial charge < -0.3 is 4.90 Å². The summed E-state index contributed by atoms with van der Waals surface area (Å²) >= 11 is 0. The molecule has 0 saturated heterocycles. The van der Waals surface area contributed by atoms with Crippen molar-refractivity contribution >= 4 is 17.1 Å². The molecule has 0 atom stereocenters. The summed E-state index contributed by atoms with van der Waals surface area (Å²) in [6.07, 6.45) is 5.94. The number of anilines is 3. The van der Waals surface area contributed by atoms with Crippen molar-refractivity contribution in [2.45, 2.75) is 25.7 Å². The largest absolute Gasteiger partial charge is 0.308 e. The minimum absolute atomic E-state index is 0.913. The van der Waals surface area contributed by atoms with Crippen LogP contribution in [0.25, 0.3) is 22.3 Å². The van der Waals surface area contributed by atoms with Crippen molar-refractivity contribution in [2.75, 3.05) is 4.90 Å². The van der Waals surface area contributed by atoms with Gasteiger partial charge >= 0.3 is 0 Å². The van der Waals surface area contributed by atoms with Crippen LogP contribution in [-0.2, 0) is 25.7 Å². The van der Waals surface area contributed by atoms with Gasteiger partial charge in [-0.05, 0) is 98.3 Å². The van der Waals surface area contributed by atoms with Gasteiger partial charge in [0.05, 0.1) is 17.1 Å². The lowest BCUT2D eigenvalue weighted by Crippen LogP contribution is -2.26. The van der Waals surface area contributed by atoms with Gasteiger partial charge in [-0.15, -0.1) is 0 Å². The van der Waals surface area contributed by atoms with E-state index in [2.05, 4.69) is 83.8 Å². The second kappa shape index (κ2) is 6.28. The molecule has 0 bridgehead atoms. The fourth-order valence-electron chi connectivity index (χ4n) is 7.17. The summed E-state index contributed by atoms with van der Waals surface area (Å²) in [6.45, 7) is 0. The van der Waals surface area contributed by atoms with Crippen LogP contribution in [0.3, 0.4) is 0 Å². The van der Waals surface area contributed by atoms with Crippen molar-refractivity contribution in [3.05, 3.63) is 130 Å². The molecule has 5 aromatic rings. The van der Waals surface area contributed by atoms with Gasteiger partial charge in [0, 0.05) is 24.7 Å². The van der Waals surface area contributed by atoms with Crippen LogP contribution in [0.4, 0.5) is 17.1 Å². The molecule has 2 nitrogen and oxygen atoms in total. The van der Waals surface area contributed by atoms with Gasteiger partial charge in [0.1, 0.15) is 0 Å². The van der Waals surface area contributed by atoms with Crippen LogP contribution in [0.2, 0.25) is 0 Å². The van der Waals surface area contributed by atoms with Crippen LogP contribution < -0.4 is 4.90 Å². The Morgan fingerprint density at radius 3 is 2.20 bits per heavy atom. The lowest BCUT2D eigenvalue weighted by atomic mass is 9.83. The lowest BCUT2D eigenvalue weighted by molar-refractivity contribution is 0.955. The second-order valence-electron chi connectivity index (χ2n) is 10.3. The second-order valence-corrected chi connectivity index (χ2v) is 10.3. The molecular weight excluding hydrogens is 424 g/mol. The van der Waals surface area contributed by atoms with E-state index in [0.29, 0.717) is 0 Å². The highest BCUT2D eigenvalue weighted by Gasteiger charge is 2.37. The zero-order valence-corrected chi connectivity index (χ0v) is 19.3. The van der Waals surface area contributed by atoms with Crippen molar-refractivity contribution < 1.29 is 0 Å². The molecule has 0 saturated carbocycles. The first-order valence-electron chi connectivity index (χ1n) is 12.6. The van der Waals surface area contributed by atoms with E-state index in [-0.39, 0.29) is 0 Å². The summed E-state index contributed by atoms with van der Waals surface area (Å²) in [4.78, 5) is 7.36. The Kier molecular flexibility index (Phi) is 3.27. The molecule has 0 amide bonds. The average Bonchev–Trinajstić information content (AvgIpc) is 3.47. The molecule has 0 N–H and O–H groups in total. The van der Waals surface area contributed by atoms with Crippen molar-refractivity contribution in [3.63, 3.8) is 0 Å². The third kappa shape index (κ3) is 2.23. The molecule has 1 aromatic heterocycles. The van der Waals surface area contributed by atoms with Gasteiger partial charge in [0.25, 0.3) is 0 Å². The normalized spacial score (nSPS) is 14.9. The Balaban J connectivity index is 1.30. The summed E-state index contributed by atoms with van der Waals surface area (Å²) in [5, 5.41) is 0. The first-order valence-corrected chi connectivity index (χ1v) is 12.6. The maximum absolute atomic E-state index is 4.86. The summed E-state index contributed by atoms with van der Waals surface area (Å²) in [7, 11) is 0. The Labute approximate surface area is 204 Å². The van der Waals surface area contributed by atoms with Gasteiger partial charge in [-0.2, -0.15) is 0 Å². The van der Waals surface area contributed by atoms with Crippen molar-refractivity contribution in [3.8, 4) is 22.3 Å². The van der Waals surface area contributed by atoms with Crippen molar-refractivity contribution in [1.82, 2.24) is 4.98 Å². The molecule has 0 spiro atoms. The standard InChI is InChI=1S/C33H22N2/c1-3-8-22-19(6-1)15-25-23(22)11-12-24-26-16-21-14-20-7-2-4-9-31(20)35-32-10-5-13-34-30(32)18-29(33(21)35)28(26)17-27(24)25/h1-13,16H,14-15,17-18H2.